The molecule has 2 N–H and O–H groups in total. The number of hydrogen-bond acceptors (Lipinski definition) is 4. The van der Waals surface area contributed by atoms with Gasteiger partial charge in [0, 0.05) is 23.2 Å². The van der Waals surface area contributed by atoms with Gasteiger partial charge >= 0.3 is 0 Å². The summed E-state index contributed by atoms with van der Waals surface area (Å²) in [6, 6.07) is 12.8. The van der Waals surface area contributed by atoms with Gasteiger partial charge in [0.2, 0.25) is 0 Å². The molecule has 1 aliphatic heterocycles. The van der Waals surface area contributed by atoms with Crippen LogP contribution in [0.1, 0.15) is 36.6 Å². The van der Waals surface area contributed by atoms with Crippen LogP contribution in [0.5, 0.6) is 17.2 Å². The summed E-state index contributed by atoms with van der Waals surface area (Å²) < 4.78 is 11.5. The normalized spacial score (nSPS) is 18.8. The van der Waals surface area contributed by atoms with Gasteiger partial charge in [0.15, 0.2) is 0 Å². The van der Waals surface area contributed by atoms with Gasteiger partial charge in [-0.1, -0.05) is 18.2 Å². The topological polar surface area (TPSA) is 50.7 Å². The lowest BCUT2D eigenvalue weighted by Gasteiger charge is -2.31. The summed E-state index contributed by atoms with van der Waals surface area (Å²) in [5.41, 5.74) is 5.69. The molecular formula is C24H27NO3. The van der Waals surface area contributed by atoms with Gasteiger partial charge in [-0.3, -0.25) is 0 Å². The summed E-state index contributed by atoms with van der Waals surface area (Å²) in [4.78, 5) is 0. The Labute approximate surface area is 166 Å². The molecule has 3 aromatic carbocycles. The van der Waals surface area contributed by atoms with E-state index in [1.54, 1.807) is 20.3 Å². The molecule has 0 fully saturated rings. The van der Waals surface area contributed by atoms with Crippen molar-refractivity contribution in [3.63, 3.8) is 0 Å². The number of phenols is 1. The van der Waals surface area contributed by atoms with E-state index in [-0.39, 0.29) is 11.8 Å². The van der Waals surface area contributed by atoms with Crippen LogP contribution in [0.2, 0.25) is 0 Å². The van der Waals surface area contributed by atoms with E-state index >= 15 is 0 Å². The molecule has 0 saturated carbocycles. The Kier molecular flexibility index (Phi) is 4.68. The molecule has 0 aliphatic carbocycles. The predicted molar refractivity (Wildman–Crippen MR) is 114 cm³/mol. The molecule has 0 radical (unpaired) electrons. The van der Waals surface area contributed by atoms with Gasteiger partial charge in [0.05, 0.1) is 19.6 Å². The Hall–Kier alpha value is -2.72. The summed E-state index contributed by atoms with van der Waals surface area (Å²) in [7, 11) is 3.37. The van der Waals surface area contributed by atoms with E-state index in [0.717, 1.165) is 39.6 Å². The lowest BCUT2D eigenvalue weighted by Crippen LogP contribution is -2.36. The first-order valence-electron chi connectivity index (χ1n) is 9.71. The highest BCUT2D eigenvalue weighted by atomic mass is 16.5. The van der Waals surface area contributed by atoms with E-state index in [2.05, 4.69) is 37.4 Å². The smallest absolute Gasteiger partial charge is 0.131 e. The largest absolute Gasteiger partial charge is 0.507 e. The minimum absolute atomic E-state index is 0.216. The molecule has 0 saturated heterocycles. The predicted octanol–water partition coefficient (Wildman–Crippen LogP) is 5.13. The Bertz CT molecular complexity index is 1060. The summed E-state index contributed by atoms with van der Waals surface area (Å²) >= 11 is 0. The molecule has 1 aliphatic rings. The van der Waals surface area contributed by atoms with Crippen LogP contribution in [0.4, 0.5) is 0 Å². The van der Waals surface area contributed by atoms with E-state index < -0.39 is 0 Å². The highest BCUT2D eigenvalue weighted by Crippen LogP contribution is 2.45. The van der Waals surface area contributed by atoms with Crippen LogP contribution in [-0.4, -0.2) is 25.4 Å². The van der Waals surface area contributed by atoms with Gasteiger partial charge in [-0.25, -0.2) is 0 Å². The zero-order valence-corrected chi connectivity index (χ0v) is 17.1. The number of fused-ring (bicyclic) bond motifs is 2. The van der Waals surface area contributed by atoms with Crippen molar-refractivity contribution in [3.8, 4) is 28.4 Å². The standard InChI is InChI=1S/C24H27NO3/c1-13-10-19-17(8-9-20(26)23(19)21(11-13)27-4)18-7-6-16-12-14(2)25-15(3)22(16)24(18)28-5/h6-11,14-15,25-26H,12H2,1-5H3/t14-,15-/m1/s1. The molecule has 0 unspecified atom stereocenters. The lowest BCUT2D eigenvalue weighted by molar-refractivity contribution is 0.383. The summed E-state index contributed by atoms with van der Waals surface area (Å²) in [6.07, 6.45) is 0.986. The number of ether oxygens (including phenoxy) is 2. The van der Waals surface area contributed by atoms with Crippen LogP contribution in [-0.2, 0) is 6.42 Å². The van der Waals surface area contributed by atoms with Gasteiger partial charge in [-0.05, 0) is 67.5 Å². The molecule has 0 spiro atoms. The Morgan fingerprint density at radius 3 is 2.46 bits per heavy atom. The van der Waals surface area contributed by atoms with E-state index in [9.17, 15) is 5.11 Å². The van der Waals surface area contributed by atoms with Crippen LogP contribution < -0.4 is 14.8 Å². The first-order valence-corrected chi connectivity index (χ1v) is 9.71. The molecule has 3 aromatic rings. The maximum Gasteiger partial charge on any atom is 0.131 e. The number of phenolic OH excluding ortho intramolecular Hbond substituents is 1. The number of aryl methyl sites for hydroxylation is 1. The number of benzene rings is 3. The molecule has 4 rings (SSSR count). The number of nitrogens with one attached hydrogen (secondary N) is 1. The third kappa shape index (κ3) is 2.89. The average molecular weight is 377 g/mol. The second kappa shape index (κ2) is 7.02. The van der Waals surface area contributed by atoms with E-state index in [1.807, 2.05) is 19.1 Å². The minimum Gasteiger partial charge on any atom is -0.507 e. The molecule has 0 amide bonds. The van der Waals surface area contributed by atoms with Gasteiger partial charge in [0.1, 0.15) is 17.2 Å². The maximum absolute atomic E-state index is 10.5. The molecule has 1 heterocycles. The second-order valence-electron chi connectivity index (χ2n) is 7.73. The summed E-state index contributed by atoms with van der Waals surface area (Å²) in [5.74, 6) is 1.79. The SMILES string of the molecule is COc1c(-c2ccc(O)c3c(OC)cc(C)cc23)ccc2c1[C@@H](C)N[C@H](C)C2. The van der Waals surface area contributed by atoms with Gasteiger partial charge < -0.3 is 19.9 Å². The number of rotatable bonds is 3. The van der Waals surface area contributed by atoms with E-state index in [0.29, 0.717) is 11.8 Å². The van der Waals surface area contributed by atoms with Crippen molar-refractivity contribution in [2.45, 2.75) is 39.3 Å². The van der Waals surface area contributed by atoms with Crippen molar-refractivity contribution < 1.29 is 14.6 Å². The van der Waals surface area contributed by atoms with Gasteiger partial charge in [-0.15, -0.1) is 0 Å². The third-order valence-electron chi connectivity index (χ3n) is 5.69. The highest BCUT2D eigenvalue weighted by Gasteiger charge is 2.27. The van der Waals surface area contributed by atoms with Crippen LogP contribution >= 0.6 is 0 Å². The van der Waals surface area contributed by atoms with Crippen molar-refractivity contribution in [2.24, 2.45) is 0 Å². The average Bonchev–Trinajstić information content (AvgIpc) is 2.66. The molecule has 146 valence electrons. The summed E-state index contributed by atoms with van der Waals surface area (Å²) in [6.45, 7) is 6.43. The maximum atomic E-state index is 10.5. The molecular weight excluding hydrogens is 350 g/mol. The van der Waals surface area contributed by atoms with Gasteiger partial charge in [-0.2, -0.15) is 0 Å². The molecule has 28 heavy (non-hydrogen) atoms. The molecule has 0 aromatic heterocycles. The van der Waals surface area contributed by atoms with Crippen LogP contribution in [0.3, 0.4) is 0 Å². The minimum atomic E-state index is 0.216. The van der Waals surface area contributed by atoms with Crippen molar-refractivity contribution in [3.05, 3.63) is 53.1 Å². The Morgan fingerprint density at radius 2 is 1.75 bits per heavy atom. The fourth-order valence-corrected chi connectivity index (χ4v) is 4.58. The van der Waals surface area contributed by atoms with E-state index in [1.165, 1.54) is 11.1 Å². The number of aromatic hydroxyl groups is 1. The fourth-order valence-electron chi connectivity index (χ4n) is 4.58. The van der Waals surface area contributed by atoms with Gasteiger partial charge in [0.25, 0.3) is 0 Å². The first-order chi connectivity index (χ1) is 13.4. The van der Waals surface area contributed by atoms with E-state index in [4.69, 9.17) is 9.47 Å². The zero-order valence-electron chi connectivity index (χ0n) is 17.1. The zero-order chi connectivity index (χ0) is 20.0. The monoisotopic (exact) mass is 377 g/mol. The Balaban J connectivity index is 2.03. The van der Waals surface area contributed by atoms with Crippen molar-refractivity contribution in [1.82, 2.24) is 5.32 Å². The Morgan fingerprint density at radius 1 is 1.00 bits per heavy atom. The lowest BCUT2D eigenvalue weighted by atomic mass is 9.86. The highest BCUT2D eigenvalue weighted by molar-refractivity contribution is 6.04. The fraction of sp³-hybridized carbons (Fsp3) is 0.333. The molecule has 2 atom stereocenters. The van der Waals surface area contributed by atoms with Crippen LogP contribution in [0.25, 0.3) is 21.9 Å². The molecule has 0 bridgehead atoms. The molecule has 4 heteroatoms. The summed E-state index contributed by atoms with van der Waals surface area (Å²) in [5, 5.41) is 15.8. The van der Waals surface area contributed by atoms with Crippen molar-refractivity contribution >= 4 is 10.8 Å². The second-order valence-corrected chi connectivity index (χ2v) is 7.73. The van der Waals surface area contributed by atoms with Crippen molar-refractivity contribution in [1.29, 1.82) is 0 Å². The quantitative estimate of drug-likeness (QED) is 0.664. The number of hydrogen-bond donors (Lipinski definition) is 2. The first kappa shape index (κ1) is 18.6. The molecule has 4 nitrogen and oxygen atoms in total. The van der Waals surface area contributed by atoms with Crippen LogP contribution in [0, 0.1) is 6.92 Å². The number of methoxy groups -OCH3 is 2. The third-order valence-corrected chi connectivity index (χ3v) is 5.69. The van der Waals surface area contributed by atoms with Crippen molar-refractivity contribution in [2.75, 3.05) is 14.2 Å². The van der Waals surface area contributed by atoms with Crippen LogP contribution in [0.15, 0.2) is 36.4 Å².